The van der Waals surface area contributed by atoms with Gasteiger partial charge in [-0.05, 0) is 46.3 Å². The highest BCUT2D eigenvalue weighted by molar-refractivity contribution is 9.11. The fourth-order valence-electron chi connectivity index (χ4n) is 1.71. The minimum Gasteiger partial charge on any atom is -0.495 e. The molecule has 0 spiro atoms. The van der Waals surface area contributed by atoms with Crippen LogP contribution in [0.2, 0.25) is 0 Å². The van der Waals surface area contributed by atoms with Crippen molar-refractivity contribution in [2.24, 2.45) is 0 Å². The second-order valence-electron chi connectivity index (χ2n) is 4.26. The summed E-state index contributed by atoms with van der Waals surface area (Å²) in [6.07, 6.45) is 0. The Morgan fingerprint density at radius 2 is 2.00 bits per heavy atom. The van der Waals surface area contributed by atoms with Gasteiger partial charge in [-0.1, -0.05) is 0 Å². The minimum absolute atomic E-state index is 0.191. The molecule has 0 aliphatic carbocycles. The van der Waals surface area contributed by atoms with E-state index in [1.165, 1.54) is 26.2 Å². The number of hydrogen-bond donors (Lipinski definition) is 2. The molecule has 0 aliphatic heterocycles. The third kappa shape index (κ3) is 3.99. The molecule has 118 valence electrons. The molecule has 0 saturated heterocycles. The number of hydrogen-bond acceptors (Lipinski definition) is 5. The van der Waals surface area contributed by atoms with Gasteiger partial charge >= 0.3 is 0 Å². The minimum atomic E-state index is -3.67. The van der Waals surface area contributed by atoms with Crippen LogP contribution >= 0.6 is 27.3 Å². The van der Waals surface area contributed by atoms with E-state index in [1.807, 2.05) is 0 Å². The number of methoxy groups -OCH3 is 1. The first-order chi connectivity index (χ1) is 10.3. The zero-order valence-corrected chi connectivity index (χ0v) is 14.9. The molecule has 0 aliphatic rings. The molecule has 1 aromatic heterocycles. The highest BCUT2D eigenvalue weighted by Gasteiger charge is 2.17. The van der Waals surface area contributed by atoms with E-state index in [0.29, 0.717) is 17.1 Å². The Morgan fingerprint density at radius 3 is 2.55 bits per heavy atom. The van der Waals surface area contributed by atoms with Gasteiger partial charge in [0, 0.05) is 6.92 Å². The molecule has 9 heteroatoms. The lowest BCUT2D eigenvalue weighted by Crippen LogP contribution is -2.12. The van der Waals surface area contributed by atoms with Crippen molar-refractivity contribution in [2.45, 2.75) is 11.1 Å². The first-order valence-corrected chi connectivity index (χ1v) is 9.15. The van der Waals surface area contributed by atoms with Gasteiger partial charge in [0.2, 0.25) is 5.91 Å². The molecule has 1 heterocycles. The summed E-state index contributed by atoms with van der Waals surface area (Å²) in [5.74, 6) is 0.164. The fourth-order valence-corrected chi connectivity index (χ4v) is 4.77. The van der Waals surface area contributed by atoms with Crippen LogP contribution in [0.1, 0.15) is 6.92 Å². The maximum atomic E-state index is 12.3. The molecule has 0 unspecified atom stereocenters. The summed E-state index contributed by atoms with van der Waals surface area (Å²) in [6, 6.07) is 7.81. The zero-order chi connectivity index (χ0) is 16.3. The van der Waals surface area contributed by atoms with Crippen molar-refractivity contribution < 1.29 is 17.9 Å². The number of amides is 1. The Kier molecular flexibility index (Phi) is 5.09. The van der Waals surface area contributed by atoms with Crippen LogP contribution in [0.4, 0.5) is 11.4 Å². The summed E-state index contributed by atoms with van der Waals surface area (Å²) in [4.78, 5) is 11.2. The summed E-state index contributed by atoms with van der Waals surface area (Å²) < 4.78 is 33.0. The third-order valence-electron chi connectivity index (χ3n) is 2.58. The van der Waals surface area contributed by atoms with Gasteiger partial charge < -0.3 is 10.1 Å². The van der Waals surface area contributed by atoms with Crippen LogP contribution in [-0.4, -0.2) is 21.4 Å². The first kappa shape index (κ1) is 16.8. The molecule has 0 radical (unpaired) electrons. The van der Waals surface area contributed by atoms with Gasteiger partial charge in [0.05, 0.1) is 22.3 Å². The lowest BCUT2D eigenvalue weighted by atomic mass is 10.2. The molecule has 2 rings (SSSR count). The summed E-state index contributed by atoms with van der Waals surface area (Å²) in [7, 11) is -2.21. The average Bonchev–Trinajstić information content (AvgIpc) is 2.85. The zero-order valence-electron chi connectivity index (χ0n) is 11.7. The number of anilines is 2. The molecular formula is C13H13BrN2O4S2. The van der Waals surface area contributed by atoms with Crippen LogP contribution in [0.5, 0.6) is 5.75 Å². The number of carbonyl (C=O) groups excluding carboxylic acids is 1. The molecule has 2 aromatic rings. The van der Waals surface area contributed by atoms with Gasteiger partial charge in [0.15, 0.2) is 0 Å². The molecule has 0 bridgehead atoms. The Balaban J connectivity index is 2.31. The van der Waals surface area contributed by atoms with Crippen LogP contribution in [0.3, 0.4) is 0 Å². The first-order valence-electron chi connectivity index (χ1n) is 6.05. The smallest absolute Gasteiger partial charge is 0.271 e. The van der Waals surface area contributed by atoms with Crippen LogP contribution in [0.15, 0.2) is 38.3 Å². The molecule has 0 atom stereocenters. The highest BCUT2D eigenvalue weighted by atomic mass is 79.9. The third-order valence-corrected chi connectivity index (χ3v) is 6.07. The largest absolute Gasteiger partial charge is 0.495 e. The number of benzene rings is 1. The Labute approximate surface area is 140 Å². The lowest BCUT2D eigenvalue weighted by molar-refractivity contribution is -0.114. The number of sulfonamides is 1. The molecule has 6 nitrogen and oxygen atoms in total. The van der Waals surface area contributed by atoms with E-state index in [1.54, 1.807) is 18.2 Å². The van der Waals surface area contributed by atoms with Gasteiger partial charge in [0.1, 0.15) is 9.96 Å². The molecular weight excluding hydrogens is 392 g/mol. The number of nitrogens with one attached hydrogen (secondary N) is 2. The second kappa shape index (κ2) is 6.67. The van der Waals surface area contributed by atoms with Crippen molar-refractivity contribution in [2.75, 3.05) is 17.1 Å². The van der Waals surface area contributed by atoms with Crippen molar-refractivity contribution in [3.63, 3.8) is 0 Å². The van der Waals surface area contributed by atoms with E-state index in [9.17, 15) is 13.2 Å². The number of halogens is 1. The van der Waals surface area contributed by atoms with Gasteiger partial charge in [-0.2, -0.15) is 0 Å². The van der Waals surface area contributed by atoms with E-state index in [4.69, 9.17) is 4.74 Å². The second-order valence-corrected chi connectivity index (χ2v) is 8.63. The molecule has 2 N–H and O–H groups in total. The lowest BCUT2D eigenvalue weighted by Gasteiger charge is -2.12. The molecule has 0 saturated carbocycles. The molecule has 1 amide bonds. The van der Waals surface area contributed by atoms with E-state index in [-0.39, 0.29) is 10.1 Å². The van der Waals surface area contributed by atoms with Crippen molar-refractivity contribution in [1.82, 2.24) is 0 Å². The van der Waals surface area contributed by atoms with E-state index in [2.05, 4.69) is 26.0 Å². The van der Waals surface area contributed by atoms with Crippen molar-refractivity contribution in [3.05, 3.63) is 34.1 Å². The molecule has 0 fully saturated rings. The fraction of sp³-hybridized carbons (Fsp3) is 0.154. The number of ether oxygens (including phenoxy) is 1. The topological polar surface area (TPSA) is 84.5 Å². The van der Waals surface area contributed by atoms with Gasteiger partial charge in [-0.3, -0.25) is 9.52 Å². The number of thiophene rings is 1. The van der Waals surface area contributed by atoms with Crippen molar-refractivity contribution >= 4 is 54.6 Å². The summed E-state index contributed by atoms with van der Waals surface area (Å²) in [6.45, 7) is 1.36. The maximum absolute atomic E-state index is 12.3. The van der Waals surface area contributed by atoms with E-state index < -0.39 is 10.0 Å². The number of rotatable bonds is 5. The van der Waals surface area contributed by atoms with Gasteiger partial charge in [-0.15, -0.1) is 11.3 Å². The Hall–Kier alpha value is -1.58. The standard InChI is InChI=1S/C13H13BrN2O4S2/c1-8(17)15-10-7-9(3-4-11(10)20-2)16-22(18,19)13-6-5-12(14)21-13/h3-7,16H,1-2H3,(H,15,17). The quantitative estimate of drug-likeness (QED) is 0.800. The molecule has 1 aromatic carbocycles. The Bertz CT molecular complexity index is 802. The SMILES string of the molecule is COc1ccc(NS(=O)(=O)c2ccc(Br)s2)cc1NC(C)=O. The molecule has 22 heavy (non-hydrogen) atoms. The van der Waals surface area contributed by atoms with E-state index >= 15 is 0 Å². The summed E-state index contributed by atoms with van der Waals surface area (Å²) in [5, 5.41) is 2.59. The average molecular weight is 405 g/mol. The van der Waals surface area contributed by atoms with Gasteiger partial charge in [-0.25, -0.2) is 8.42 Å². The predicted octanol–water partition coefficient (Wildman–Crippen LogP) is 3.28. The maximum Gasteiger partial charge on any atom is 0.271 e. The summed E-state index contributed by atoms with van der Waals surface area (Å²) in [5.41, 5.74) is 0.719. The van der Waals surface area contributed by atoms with Gasteiger partial charge in [0.25, 0.3) is 10.0 Å². The highest BCUT2D eigenvalue weighted by Crippen LogP contribution is 2.31. The van der Waals surface area contributed by atoms with Crippen LogP contribution in [0.25, 0.3) is 0 Å². The van der Waals surface area contributed by atoms with Crippen LogP contribution < -0.4 is 14.8 Å². The van der Waals surface area contributed by atoms with E-state index in [0.717, 1.165) is 15.1 Å². The number of carbonyl (C=O) groups is 1. The Morgan fingerprint density at radius 1 is 1.27 bits per heavy atom. The summed E-state index contributed by atoms with van der Waals surface area (Å²) >= 11 is 4.34. The normalized spacial score (nSPS) is 11.0. The van der Waals surface area contributed by atoms with Crippen molar-refractivity contribution in [3.8, 4) is 5.75 Å². The van der Waals surface area contributed by atoms with Crippen LogP contribution in [0, 0.1) is 0 Å². The van der Waals surface area contributed by atoms with Crippen molar-refractivity contribution in [1.29, 1.82) is 0 Å². The monoisotopic (exact) mass is 404 g/mol. The predicted molar refractivity (Wildman–Crippen MR) is 90.1 cm³/mol. The van der Waals surface area contributed by atoms with Crippen LogP contribution in [-0.2, 0) is 14.8 Å².